The van der Waals surface area contributed by atoms with E-state index in [4.69, 9.17) is 4.74 Å². The highest BCUT2D eigenvalue weighted by atomic mass is 19.4. The van der Waals surface area contributed by atoms with Crippen LogP contribution in [0.25, 0.3) is 0 Å². The third-order valence-electron chi connectivity index (χ3n) is 6.76. The first-order valence-electron chi connectivity index (χ1n) is 13.3. The predicted molar refractivity (Wildman–Crippen MR) is 147 cm³/mol. The quantitative estimate of drug-likeness (QED) is 0.193. The van der Waals surface area contributed by atoms with E-state index >= 15 is 0 Å². The summed E-state index contributed by atoms with van der Waals surface area (Å²) in [5.74, 6) is -4.26. The van der Waals surface area contributed by atoms with Crippen LogP contribution in [-0.4, -0.2) is 18.5 Å². The summed E-state index contributed by atoms with van der Waals surface area (Å²) in [6.45, 7) is 1.67. The van der Waals surface area contributed by atoms with E-state index in [-0.39, 0.29) is 18.2 Å². The Labute approximate surface area is 251 Å². The van der Waals surface area contributed by atoms with Crippen LogP contribution in [0.15, 0.2) is 91.0 Å². The fourth-order valence-corrected chi connectivity index (χ4v) is 4.69. The van der Waals surface area contributed by atoms with E-state index in [1.807, 2.05) is 0 Å². The summed E-state index contributed by atoms with van der Waals surface area (Å²) >= 11 is 0. The molecule has 45 heavy (non-hydrogen) atoms. The second-order valence-electron chi connectivity index (χ2n) is 9.89. The van der Waals surface area contributed by atoms with Gasteiger partial charge in [-0.1, -0.05) is 42.5 Å². The topological polar surface area (TPSA) is 67.4 Å². The van der Waals surface area contributed by atoms with Crippen molar-refractivity contribution in [1.29, 1.82) is 0 Å². The van der Waals surface area contributed by atoms with Gasteiger partial charge in [0, 0.05) is 18.5 Å². The summed E-state index contributed by atoms with van der Waals surface area (Å²) in [5.41, 5.74) is -5.58. The normalized spacial score (nSPS) is 13.1. The van der Waals surface area contributed by atoms with Gasteiger partial charge < -0.3 is 15.4 Å². The van der Waals surface area contributed by atoms with Crippen LogP contribution in [-0.2, 0) is 24.3 Å². The summed E-state index contributed by atoms with van der Waals surface area (Å²) in [7, 11) is 0. The van der Waals surface area contributed by atoms with E-state index in [2.05, 4.69) is 10.6 Å². The van der Waals surface area contributed by atoms with Crippen molar-refractivity contribution in [3.63, 3.8) is 0 Å². The van der Waals surface area contributed by atoms with Crippen LogP contribution in [0, 0.1) is 11.6 Å². The van der Waals surface area contributed by atoms with E-state index < -0.39 is 76.0 Å². The maximum atomic E-state index is 14.9. The molecule has 0 heterocycles. The molecule has 0 aliphatic rings. The Kier molecular flexibility index (Phi) is 9.50. The number of ether oxygens (including phenoxy) is 1. The number of hydrogen-bond acceptors (Lipinski definition) is 3. The van der Waals surface area contributed by atoms with Crippen molar-refractivity contribution >= 4 is 12.0 Å². The SMILES string of the molecule is CCNC(=O)Oc1cc([C@@](Cc2ccccc2)(NC(=O)c2cccc(C(F)(F)F)c2)c2cc(F)cc(C(F)(F)F)c2)ccc1F. The number of alkyl halides is 6. The number of amides is 2. The van der Waals surface area contributed by atoms with Gasteiger partial charge in [-0.05, 0) is 72.1 Å². The van der Waals surface area contributed by atoms with E-state index in [0.29, 0.717) is 17.7 Å². The minimum atomic E-state index is -5.05. The Balaban J connectivity index is 2.01. The van der Waals surface area contributed by atoms with Crippen molar-refractivity contribution in [2.75, 3.05) is 6.54 Å². The Morgan fingerprint density at radius 1 is 0.711 bits per heavy atom. The molecule has 0 saturated heterocycles. The zero-order valence-electron chi connectivity index (χ0n) is 23.3. The molecule has 4 aromatic rings. The maximum Gasteiger partial charge on any atom is 0.416 e. The van der Waals surface area contributed by atoms with Gasteiger partial charge in [0.1, 0.15) is 5.82 Å². The van der Waals surface area contributed by atoms with Crippen LogP contribution in [0.4, 0.5) is 39.9 Å². The van der Waals surface area contributed by atoms with Crippen molar-refractivity contribution in [2.45, 2.75) is 31.2 Å². The van der Waals surface area contributed by atoms with Gasteiger partial charge >= 0.3 is 18.4 Å². The Morgan fingerprint density at radius 2 is 1.38 bits per heavy atom. The lowest BCUT2D eigenvalue weighted by atomic mass is 9.77. The molecule has 2 amide bonds. The molecule has 0 aromatic heterocycles. The Hall–Kier alpha value is -4.94. The van der Waals surface area contributed by atoms with Crippen molar-refractivity contribution in [1.82, 2.24) is 10.6 Å². The van der Waals surface area contributed by atoms with Gasteiger partial charge in [0.15, 0.2) is 11.6 Å². The first-order chi connectivity index (χ1) is 21.1. The molecule has 13 heteroatoms. The Morgan fingerprint density at radius 3 is 2.02 bits per heavy atom. The molecule has 0 radical (unpaired) electrons. The third kappa shape index (κ3) is 7.78. The van der Waals surface area contributed by atoms with Crippen molar-refractivity contribution in [3.8, 4) is 5.75 Å². The highest BCUT2D eigenvalue weighted by Crippen LogP contribution is 2.40. The molecule has 0 saturated carbocycles. The van der Waals surface area contributed by atoms with Gasteiger partial charge in [-0.2, -0.15) is 26.3 Å². The lowest BCUT2D eigenvalue weighted by molar-refractivity contribution is -0.138. The number of hydrogen-bond donors (Lipinski definition) is 2. The van der Waals surface area contributed by atoms with Crippen LogP contribution in [0.5, 0.6) is 5.75 Å². The summed E-state index contributed by atoms with van der Waals surface area (Å²) in [6, 6.07) is 15.5. The Bertz CT molecular complexity index is 1690. The monoisotopic (exact) mass is 636 g/mol. The number of nitrogens with one attached hydrogen (secondary N) is 2. The molecule has 0 fully saturated rings. The molecule has 1 atom stereocenters. The minimum absolute atomic E-state index is 0.106. The first-order valence-corrected chi connectivity index (χ1v) is 13.3. The van der Waals surface area contributed by atoms with Crippen LogP contribution in [0.1, 0.15) is 45.1 Å². The average Bonchev–Trinajstić information content (AvgIpc) is 2.97. The molecule has 236 valence electrons. The van der Waals surface area contributed by atoms with Gasteiger partial charge in [-0.25, -0.2) is 13.6 Å². The van der Waals surface area contributed by atoms with Gasteiger partial charge in [0.2, 0.25) is 0 Å². The van der Waals surface area contributed by atoms with Crippen molar-refractivity contribution in [2.24, 2.45) is 0 Å². The van der Waals surface area contributed by atoms with Crippen LogP contribution in [0.2, 0.25) is 0 Å². The second kappa shape index (κ2) is 13.0. The molecule has 5 nitrogen and oxygen atoms in total. The van der Waals surface area contributed by atoms with E-state index in [0.717, 1.165) is 42.5 Å². The molecule has 4 rings (SSSR count). The van der Waals surface area contributed by atoms with Crippen LogP contribution in [0.3, 0.4) is 0 Å². The molecule has 2 N–H and O–H groups in total. The molecular weight excluding hydrogens is 612 g/mol. The van der Waals surface area contributed by atoms with Gasteiger partial charge in [-0.3, -0.25) is 4.79 Å². The zero-order valence-corrected chi connectivity index (χ0v) is 23.3. The number of rotatable bonds is 8. The van der Waals surface area contributed by atoms with E-state index in [1.54, 1.807) is 37.3 Å². The molecule has 4 aromatic carbocycles. The number of halogens is 8. The smallest absolute Gasteiger partial charge is 0.407 e. The summed E-state index contributed by atoms with van der Waals surface area (Å²) in [4.78, 5) is 25.8. The molecule has 0 aliphatic heterocycles. The number of carbonyl (C=O) groups is 2. The average molecular weight is 637 g/mol. The number of carbonyl (C=O) groups excluding carboxylic acids is 2. The van der Waals surface area contributed by atoms with Gasteiger partial charge in [0.25, 0.3) is 5.91 Å². The maximum absolute atomic E-state index is 14.9. The standard InChI is InChI=1S/C32H24F8N2O3/c1-2-41-29(44)45-27-17-21(11-12-26(27)34)30(18-19-7-4-3-5-8-19,23-14-24(32(38,39)40)16-25(33)15-23)42-28(43)20-9-6-10-22(13-20)31(35,36)37/h3-17H,2,18H2,1H3,(H,41,44)(H,42,43)/t30-/m1/s1. The minimum Gasteiger partial charge on any atom is -0.407 e. The number of benzene rings is 4. The van der Waals surface area contributed by atoms with Gasteiger partial charge in [-0.15, -0.1) is 0 Å². The molecular formula is C32H24F8N2O3. The highest BCUT2D eigenvalue weighted by molar-refractivity contribution is 5.95. The molecule has 0 bridgehead atoms. The largest absolute Gasteiger partial charge is 0.416 e. The zero-order chi connectivity index (χ0) is 33.0. The van der Waals surface area contributed by atoms with E-state index in [9.17, 15) is 44.7 Å². The first kappa shape index (κ1) is 33.0. The lowest BCUT2D eigenvalue weighted by Gasteiger charge is -2.37. The lowest BCUT2D eigenvalue weighted by Crippen LogP contribution is -2.49. The van der Waals surface area contributed by atoms with Gasteiger partial charge in [0.05, 0.1) is 16.7 Å². The molecule has 0 spiro atoms. The third-order valence-corrected chi connectivity index (χ3v) is 6.76. The van der Waals surface area contributed by atoms with Crippen LogP contribution < -0.4 is 15.4 Å². The second-order valence-corrected chi connectivity index (χ2v) is 9.89. The molecule has 0 unspecified atom stereocenters. The van der Waals surface area contributed by atoms with Crippen molar-refractivity contribution < 1.29 is 49.4 Å². The van der Waals surface area contributed by atoms with Crippen molar-refractivity contribution in [3.05, 3.63) is 136 Å². The summed E-state index contributed by atoms with van der Waals surface area (Å²) < 4.78 is 117. The summed E-state index contributed by atoms with van der Waals surface area (Å²) in [5, 5.41) is 4.81. The predicted octanol–water partition coefficient (Wildman–Crippen LogP) is 8.03. The molecule has 0 aliphatic carbocycles. The highest BCUT2D eigenvalue weighted by Gasteiger charge is 2.41. The fourth-order valence-electron chi connectivity index (χ4n) is 4.69. The van der Waals surface area contributed by atoms with Crippen LogP contribution >= 0.6 is 0 Å². The summed E-state index contributed by atoms with van der Waals surface area (Å²) in [6.07, 6.45) is -11.3. The van der Waals surface area contributed by atoms with E-state index in [1.165, 1.54) is 0 Å². The fraction of sp³-hybridized carbons (Fsp3) is 0.188.